The van der Waals surface area contributed by atoms with Gasteiger partial charge in [-0.2, -0.15) is 0 Å². The van der Waals surface area contributed by atoms with Crippen LogP contribution in [0.1, 0.15) is 54.4 Å². The second kappa shape index (κ2) is 7.10. The second-order valence-electron chi connectivity index (χ2n) is 6.61. The minimum absolute atomic E-state index is 0.210. The van der Waals surface area contributed by atoms with E-state index < -0.39 is 11.2 Å². The Morgan fingerprint density at radius 2 is 1.83 bits per heavy atom. The number of rotatable bonds is 7. The fourth-order valence-electron chi connectivity index (χ4n) is 1.89. The molecule has 0 aromatic heterocycles. The maximum Gasteiger partial charge on any atom is 0.307 e. The number of nitrogens with one attached hydrogen (secondary N) is 1. The highest BCUT2D eigenvalue weighted by Crippen LogP contribution is 2.15. The summed E-state index contributed by atoms with van der Waals surface area (Å²) in [5.74, 6) is 0.242. The zero-order valence-corrected chi connectivity index (χ0v) is 12.7. The van der Waals surface area contributed by atoms with E-state index >= 15 is 0 Å². The Balaban J connectivity index is 3.77. The third kappa shape index (κ3) is 10.5. The lowest BCUT2D eigenvalue weighted by Crippen LogP contribution is -2.39. The SMILES string of the molecule is CC(C)CC(C)(O)CNCCC(=O)OC(C)(C)C. The van der Waals surface area contributed by atoms with Crippen molar-refractivity contribution in [3.63, 3.8) is 0 Å². The highest BCUT2D eigenvalue weighted by Gasteiger charge is 2.21. The lowest BCUT2D eigenvalue weighted by Gasteiger charge is -2.25. The Morgan fingerprint density at radius 1 is 1.28 bits per heavy atom. The van der Waals surface area contributed by atoms with Gasteiger partial charge in [-0.1, -0.05) is 13.8 Å². The molecule has 1 atom stereocenters. The van der Waals surface area contributed by atoms with Gasteiger partial charge in [0.25, 0.3) is 0 Å². The Morgan fingerprint density at radius 3 is 2.28 bits per heavy atom. The van der Waals surface area contributed by atoms with Crippen molar-refractivity contribution in [1.29, 1.82) is 0 Å². The van der Waals surface area contributed by atoms with Gasteiger partial charge in [0, 0.05) is 13.1 Å². The summed E-state index contributed by atoms with van der Waals surface area (Å²) in [6, 6.07) is 0. The van der Waals surface area contributed by atoms with Gasteiger partial charge in [-0.05, 0) is 40.0 Å². The molecule has 2 N–H and O–H groups in total. The minimum Gasteiger partial charge on any atom is -0.460 e. The first-order chi connectivity index (χ1) is 8.02. The van der Waals surface area contributed by atoms with E-state index in [4.69, 9.17) is 4.74 Å². The van der Waals surface area contributed by atoms with Gasteiger partial charge >= 0.3 is 5.97 Å². The van der Waals surface area contributed by atoms with Gasteiger partial charge in [0.1, 0.15) is 5.60 Å². The fourth-order valence-corrected chi connectivity index (χ4v) is 1.89. The maximum absolute atomic E-state index is 11.4. The molecule has 0 aromatic rings. The quantitative estimate of drug-likeness (QED) is 0.543. The van der Waals surface area contributed by atoms with Gasteiger partial charge in [-0.15, -0.1) is 0 Å². The van der Waals surface area contributed by atoms with Crippen LogP contribution in [-0.4, -0.2) is 35.4 Å². The molecule has 0 spiro atoms. The number of hydrogen-bond donors (Lipinski definition) is 2. The molecule has 18 heavy (non-hydrogen) atoms. The van der Waals surface area contributed by atoms with E-state index in [1.54, 1.807) is 0 Å². The van der Waals surface area contributed by atoms with Gasteiger partial charge in [0.2, 0.25) is 0 Å². The average molecular weight is 259 g/mol. The van der Waals surface area contributed by atoms with Gasteiger partial charge in [0.15, 0.2) is 0 Å². The van der Waals surface area contributed by atoms with E-state index in [2.05, 4.69) is 19.2 Å². The first-order valence-corrected chi connectivity index (χ1v) is 6.67. The minimum atomic E-state index is -0.720. The number of hydrogen-bond acceptors (Lipinski definition) is 4. The molecule has 0 saturated carbocycles. The molecule has 0 amide bonds. The Hall–Kier alpha value is -0.610. The van der Waals surface area contributed by atoms with Crippen LogP contribution in [-0.2, 0) is 9.53 Å². The van der Waals surface area contributed by atoms with Crippen molar-refractivity contribution in [2.24, 2.45) is 5.92 Å². The van der Waals surface area contributed by atoms with Crippen LogP contribution in [0, 0.1) is 5.92 Å². The maximum atomic E-state index is 11.4. The zero-order chi connectivity index (χ0) is 14.4. The summed E-state index contributed by atoms with van der Waals surface area (Å²) >= 11 is 0. The zero-order valence-electron chi connectivity index (χ0n) is 12.7. The third-order valence-electron chi connectivity index (χ3n) is 2.28. The van der Waals surface area contributed by atoms with E-state index in [9.17, 15) is 9.90 Å². The van der Waals surface area contributed by atoms with Crippen LogP contribution < -0.4 is 5.32 Å². The number of aliphatic hydroxyl groups is 1. The normalized spacial score (nSPS) is 15.6. The van der Waals surface area contributed by atoms with Crippen LogP contribution in [0.5, 0.6) is 0 Å². The first kappa shape index (κ1) is 17.4. The molecule has 0 radical (unpaired) electrons. The average Bonchev–Trinajstić information content (AvgIpc) is 2.07. The van der Waals surface area contributed by atoms with E-state index in [0.29, 0.717) is 25.4 Å². The number of esters is 1. The second-order valence-corrected chi connectivity index (χ2v) is 6.61. The van der Waals surface area contributed by atoms with Gasteiger partial charge in [0.05, 0.1) is 12.0 Å². The van der Waals surface area contributed by atoms with E-state index in [1.807, 2.05) is 27.7 Å². The molecule has 0 heterocycles. The molecule has 1 unspecified atom stereocenters. The van der Waals surface area contributed by atoms with Crippen molar-refractivity contribution in [3.8, 4) is 0 Å². The lowest BCUT2D eigenvalue weighted by atomic mass is 9.94. The van der Waals surface area contributed by atoms with Crippen LogP contribution in [0.4, 0.5) is 0 Å². The summed E-state index contributed by atoms with van der Waals surface area (Å²) in [4.78, 5) is 11.4. The Kier molecular flexibility index (Phi) is 6.86. The molecule has 0 aromatic carbocycles. The van der Waals surface area contributed by atoms with Crippen molar-refractivity contribution in [3.05, 3.63) is 0 Å². The van der Waals surface area contributed by atoms with Crippen molar-refractivity contribution in [2.75, 3.05) is 13.1 Å². The first-order valence-electron chi connectivity index (χ1n) is 6.67. The summed E-state index contributed by atoms with van der Waals surface area (Å²) in [5, 5.41) is 13.2. The van der Waals surface area contributed by atoms with Gasteiger partial charge < -0.3 is 15.2 Å². The smallest absolute Gasteiger partial charge is 0.307 e. The summed E-state index contributed by atoms with van der Waals surface area (Å²) in [5.41, 5.74) is -1.15. The van der Waals surface area contributed by atoms with Gasteiger partial charge in [-0.25, -0.2) is 0 Å². The predicted molar refractivity (Wildman–Crippen MR) is 73.4 cm³/mol. The molecule has 0 aliphatic carbocycles. The van der Waals surface area contributed by atoms with Crippen LogP contribution in [0.25, 0.3) is 0 Å². The summed E-state index contributed by atoms with van der Waals surface area (Å²) in [6.07, 6.45) is 1.07. The van der Waals surface area contributed by atoms with Crippen molar-refractivity contribution >= 4 is 5.97 Å². The Bertz CT molecular complexity index is 254. The molecule has 0 saturated heterocycles. The summed E-state index contributed by atoms with van der Waals surface area (Å²) < 4.78 is 5.19. The van der Waals surface area contributed by atoms with Crippen LogP contribution >= 0.6 is 0 Å². The van der Waals surface area contributed by atoms with Crippen molar-refractivity contribution < 1.29 is 14.6 Å². The lowest BCUT2D eigenvalue weighted by molar-refractivity contribution is -0.154. The highest BCUT2D eigenvalue weighted by molar-refractivity contribution is 5.70. The molecule has 0 fully saturated rings. The molecule has 0 aliphatic rings. The van der Waals surface area contributed by atoms with Crippen LogP contribution in [0.15, 0.2) is 0 Å². The molecule has 0 rings (SSSR count). The molecule has 4 heteroatoms. The molecule has 108 valence electrons. The van der Waals surface area contributed by atoms with Crippen LogP contribution in [0.3, 0.4) is 0 Å². The number of carbonyl (C=O) groups is 1. The monoisotopic (exact) mass is 259 g/mol. The standard InChI is InChI=1S/C14H29NO3/c1-11(2)9-14(6,17)10-15-8-7-12(16)18-13(3,4)5/h11,15,17H,7-10H2,1-6H3. The molecular weight excluding hydrogens is 230 g/mol. The largest absolute Gasteiger partial charge is 0.460 e. The van der Waals surface area contributed by atoms with E-state index in [-0.39, 0.29) is 5.97 Å². The topological polar surface area (TPSA) is 58.6 Å². The van der Waals surface area contributed by atoms with Crippen molar-refractivity contribution in [1.82, 2.24) is 5.32 Å². The molecular formula is C14H29NO3. The van der Waals surface area contributed by atoms with E-state index in [0.717, 1.165) is 6.42 Å². The Labute approximate surface area is 111 Å². The fraction of sp³-hybridized carbons (Fsp3) is 0.929. The van der Waals surface area contributed by atoms with Crippen molar-refractivity contribution in [2.45, 2.75) is 65.6 Å². The third-order valence-corrected chi connectivity index (χ3v) is 2.28. The van der Waals surface area contributed by atoms with E-state index in [1.165, 1.54) is 0 Å². The van der Waals surface area contributed by atoms with Gasteiger partial charge in [-0.3, -0.25) is 4.79 Å². The molecule has 0 aliphatic heterocycles. The highest BCUT2D eigenvalue weighted by atomic mass is 16.6. The molecule has 4 nitrogen and oxygen atoms in total. The molecule has 0 bridgehead atoms. The number of carbonyl (C=O) groups excluding carboxylic acids is 1. The summed E-state index contributed by atoms with van der Waals surface area (Å²) in [6.45, 7) is 12.6. The number of ether oxygens (including phenoxy) is 1. The van der Waals surface area contributed by atoms with Crippen LogP contribution in [0.2, 0.25) is 0 Å². The predicted octanol–water partition coefficient (Wildman–Crippen LogP) is 2.10. The summed E-state index contributed by atoms with van der Waals surface area (Å²) in [7, 11) is 0.